The second-order valence-corrected chi connectivity index (χ2v) is 4.69. The average molecular weight is 299 g/mol. The molecule has 0 aliphatic heterocycles. The van der Waals surface area contributed by atoms with Crippen molar-refractivity contribution in [3.05, 3.63) is 59.4 Å². The lowest BCUT2D eigenvalue weighted by molar-refractivity contribution is 0.628. The van der Waals surface area contributed by atoms with Gasteiger partial charge in [-0.1, -0.05) is 17.7 Å². The van der Waals surface area contributed by atoms with Crippen LogP contribution in [-0.4, -0.2) is 15.0 Å². The summed E-state index contributed by atoms with van der Waals surface area (Å²) in [6.07, 6.45) is 3.24. The van der Waals surface area contributed by atoms with Gasteiger partial charge in [0.1, 0.15) is 28.6 Å². The number of H-pyrrole nitrogens is 1. The van der Waals surface area contributed by atoms with E-state index in [1.165, 1.54) is 12.1 Å². The molecule has 0 spiro atoms. The summed E-state index contributed by atoms with van der Waals surface area (Å²) in [4.78, 5) is 11.0. The molecule has 2 heterocycles. The number of pyridine rings is 1. The lowest BCUT2D eigenvalue weighted by Gasteiger charge is -2.09. The van der Waals surface area contributed by atoms with Crippen molar-refractivity contribution in [1.82, 2.24) is 15.0 Å². The van der Waals surface area contributed by atoms with Crippen LogP contribution in [0.2, 0.25) is 5.15 Å². The van der Waals surface area contributed by atoms with E-state index in [1.807, 2.05) is 6.07 Å². The monoisotopic (exact) mass is 298 g/mol. The summed E-state index contributed by atoms with van der Waals surface area (Å²) < 4.78 is 13.5. The summed E-state index contributed by atoms with van der Waals surface area (Å²) in [5.41, 5.74) is 2.18. The molecule has 2 aromatic heterocycles. The number of aromatic nitrogens is 3. The topological polar surface area (TPSA) is 65.4 Å². The summed E-state index contributed by atoms with van der Waals surface area (Å²) >= 11 is 5.93. The number of hydrogen-bond donors (Lipinski definition) is 1. The molecule has 3 rings (SSSR count). The number of nitriles is 1. The van der Waals surface area contributed by atoms with E-state index in [2.05, 4.69) is 15.0 Å². The third-order valence-corrected chi connectivity index (χ3v) is 3.15. The Morgan fingerprint density at radius 1 is 1.19 bits per heavy atom. The predicted molar refractivity (Wildman–Crippen MR) is 76.9 cm³/mol. The van der Waals surface area contributed by atoms with Crippen LogP contribution in [0.15, 0.2) is 42.7 Å². The van der Waals surface area contributed by atoms with Crippen LogP contribution >= 0.6 is 11.6 Å². The lowest BCUT2D eigenvalue weighted by atomic mass is 9.99. The highest BCUT2D eigenvalue weighted by Gasteiger charge is 2.12. The highest BCUT2D eigenvalue weighted by molar-refractivity contribution is 6.29. The Hall–Kier alpha value is -2.71. The number of nitrogens with one attached hydrogen (secondary N) is 1. The first-order valence-electron chi connectivity index (χ1n) is 6.05. The fourth-order valence-corrected chi connectivity index (χ4v) is 2.29. The zero-order valence-corrected chi connectivity index (χ0v) is 11.4. The van der Waals surface area contributed by atoms with E-state index >= 15 is 0 Å². The van der Waals surface area contributed by atoms with Crippen molar-refractivity contribution in [2.45, 2.75) is 0 Å². The molecule has 0 atom stereocenters. The molecule has 0 saturated heterocycles. The zero-order chi connectivity index (χ0) is 14.8. The van der Waals surface area contributed by atoms with Crippen LogP contribution in [0.5, 0.6) is 0 Å². The molecule has 1 N–H and O–H groups in total. The first-order valence-corrected chi connectivity index (χ1v) is 6.42. The summed E-state index contributed by atoms with van der Waals surface area (Å²) in [5.74, 6) is 0.168. The molecule has 3 aromatic rings. The summed E-state index contributed by atoms with van der Waals surface area (Å²) in [7, 11) is 0. The first kappa shape index (κ1) is 13.3. The Balaban J connectivity index is 2.24. The van der Waals surface area contributed by atoms with Crippen molar-refractivity contribution in [2.24, 2.45) is 0 Å². The van der Waals surface area contributed by atoms with E-state index in [9.17, 15) is 4.39 Å². The van der Waals surface area contributed by atoms with Gasteiger partial charge >= 0.3 is 0 Å². The van der Waals surface area contributed by atoms with Crippen molar-refractivity contribution in [3.63, 3.8) is 0 Å². The van der Waals surface area contributed by atoms with Gasteiger partial charge in [0, 0.05) is 18.0 Å². The number of hydrogen-bond acceptors (Lipinski definition) is 3. The number of nitrogens with zero attached hydrogens (tertiary/aromatic N) is 3. The number of imidazole rings is 1. The maximum atomic E-state index is 13.5. The molecule has 6 heteroatoms. The van der Waals surface area contributed by atoms with Gasteiger partial charge in [0.2, 0.25) is 0 Å². The standard InChI is InChI=1S/C15H8ClFN4/c16-14-6-9(5-11(8-18)21-14)12-2-1-10(17)7-13(12)15-19-3-4-20-15/h1-7H,(H,19,20). The van der Waals surface area contributed by atoms with Crippen molar-refractivity contribution in [1.29, 1.82) is 5.26 Å². The molecule has 1 aromatic carbocycles. The molecule has 0 aliphatic rings. The second-order valence-electron chi connectivity index (χ2n) is 4.30. The van der Waals surface area contributed by atoms with Gasteiger partial charge in [0.05, 0.1) is 0 Å². The van der Waals surface area contributed by atoms with E-state index in [4.69, 9.17) is 16.9 Å². The Labute approximate surface area is 124 Å². The van der Waals surface area contributed by atoms with Gasteiger partial charge in [-0.25, -0.2) is 14.4 Å². The van der Waals surface area contributed by atoms with Gasteiger partial charge in [-0.05, 0) is 35.4 Å². The normalized spacial score (nSPS) is 10.3. The minimum Gasteiger partial charge on any atom is -0.345 e. The third-order valence-electron chi connectivity index (χ3n) is 2.95. The predicted octanol–water partition coefficient (Wildman–Crippen LogP) is 3.80. The largest absolute Gasteiger partial charge is 0.345 e. The highest BCUT2D eigenvalue weighted by Crippen LogP contribution is 2.32. The van der Waals surface area contributed by atoms with Gasteiger partial charge in [-0.2, -0.15) is 5.26 Å². The first-order chi connectivity index (χ1) is 10.2. The molecule has 0 radical (unpaired) electrons. The molecule has 0 amide bonds. The van der Waals surface area contributed by atoms with Gasteiger partial charge in [0.15, 0.2) is 0 Å². The molecule has 0 saturated carbocycles. The molecule has 102 valence electrons. The Morgan fingerprint density at radius 2 is 2.05 bits per heavy atom. The van der Waals surface area contributed by atoms with Crippen LogP contribution in [0.4, 0.5) is 4.39 Å². The van der Waals surface area contributed by atoms with Crippen molar-refractivity contribution in [3.8, 4) is 28.6 Å². The molecule has 4 nitrogen and oxygen atoms in total. The van der Waals surface area contributed by atoms with Crippen molar-refractivity contribution >= 4 is 11.6 Å². The molecule has 0 bridgehead atoms. The van der Waals surface area contributed by atoms with Gasteiger partial charge in [-0.3, -0.25) is 0 Å². The van der Waals surface area contributed by atoms with Crippen LogP contribution in [-0.2, 0) is 0 Å². The van der Waals surface area contributed by atoms with Crippen LogP contribution in [0.1, 0.15) is 5.69 Å². The number of rotatable bonds is 2. The van der Waals surface area contributed by atoms with Crippen molar-refractivity contribution in [2.75, 3.05) is 0 Å². The Kier molecular flexibility index (Phi) is 3.38. The maximum absolute atomic E-state index is 13.5. The van der Waals surface area contributed by atoms with Crippen molar-refractivity contribution < 1.29 is 4.39 Å². The molecule has 21 heavy (non-hydrogen) atoms. The van der Waals surface area contributed by atoms with Gasteiger partial charge in [0.25, 0.3) is 0 Å². The summed E-state index contributed by atoms with van der Waals surface area (Å²) in [6, 6.07) is 9.54. The van der Waals surface area contributed by atoms with Gasteiger partial charge in [-0.15, -0.1) is 0 Å². The van der Waals surface area contributed by atoms with Crippen LogP contribution in [0.3, 0.4) is 0 Å². The minimum absolute atomic E-state index is 0.201. The summed E-state index contributed by atoms with van der Waals surface area (Å²) in [5, 5.41) is 9.19. The van der Waals surface area contributed by atoms with Crippen LogP contribution < -0.4 is 0 Å². The third kappa shape index (κ3) is 2.62. The number of halogens is 2. The molecular formula is C15H8ClFN4. The highest BCUT2D eigenvalue weighted by atomic mass is 35.5. The second kappa shape index (κ2) is 5.35. The van der Waals surface area contributed by atoms with Crippen LogP contribution in [0, 0.1) is 17.1 Å². The maximum Gasteiger partial charge on any atom is 0.142 e. The number of aromatic amines is 1. The SMILES string of the molecule is N#Cc1cc(-c2ccc(F)cc2-c2ncc[nH]2)cc(Cl)n1. The van der Waals surface area contributed by atoms with Gasteiger partial charge < -0.3 is 4.98 Å². The Morgan fingerprint density at radius 3 is 2.76 bits per heavy atom. The Bertz CT molecular complexity index is 837. The molecular weight excluding hydrogens is 291 g/mol. The molecule has 0 fully saturated rings. The quantitative estimate of drug-likeness (QED) is 0.732. The molecule has 0 unspecified atom stereocenters. The van der Waals surface area contributed by atoms with E-state index < -0.39 is 0 Å². The number of benzene rings is 1. The smallest absolute Gasteiger partial charge is 0.142 e. The fraction of sp³-hybridized carbons (Fsp3) is 0. The van der Waals surface area contributed by atoms with E-state index in [0.717, 1.165) is 0 Å². The minimum atomic E-state index is -0.370. The zero-order valence-electron chi connectivity index (χ0n) is 10.6. The van der Waals surface area contributed by atoms with Crippen LogP contribution in [0.25, 0.3) is 22.5 Å². The fourth-order valence-electron chi connectivity index (χ4n) is 2.09. The van der Waals surface area contributed by atoms with E-state index in [0.29, 0.717) is 22.5 Å². The van der Waals surface area contributed by atoms with E-state index in [-0.39, 0.29) is 16.7 Å². The summed E-state index contributed by atoms with van der Waals surface area (Å²) in [6.45, 7) is 0. The lowest BCUT2D eigenvalue weighted by Crippen LogP contribution is -1.91. The molecule has 0 aliphatic carbocycles. The average Bonchev–Trinajstić information content (AvgIpc) is 3.00. The van der Waals surface area contributed by atoms with E-state index in [1.54, 1.807) is 30.6 Å².